The van der Waals surface area contributed by atoms with Crippen molar-refractivity contribution in [3.63, 3.8) is 0 Å². The lowest BCUT2D eigenvalue weighted by Gasteiger charge is -2.23. The van der Waals surface area contributed by atoms with Gasteiger partial charge in [0.1, 0.15) is 12.4 Å². The largest absolute Gasteiger partial charge is 0.497 e. The highest BCUT2D eigenvalue weighted by Crippen LogP contribution is 2.19. The molecule has 1 saturated heterocycles. The number of β-amino-alcohol motifs (C(OH)–C–C–N with tert-alkyl or cyclic N) is 1. The number of rotatable bonds is 6. The number of likely N-dealkylation sites (tertiary alicyclic amines) is 1. The van der Waals surface area contributed by atoms with Crippen LogP contribution in [0.1, 0.15) is 12.0 Å². The van der Waals surface area contributed by atoms with E-state index in [0.717, 1.165) is 5.56 Å². The topological polar surface area (TPSA) is 131 Å². The van der Waals surface area contributed by atoms with Crippen LogP contribution in [0.4, 0.5) is 4.79 Å². The number of methoxy groups -OCH3 is 1. The van der Waals surface area contributed by atoms with Gasteiger partial charge in [0.15, 0.2) is 0 Å². The Bertz CT molecular complexity index is 664. The average molecular weight is 359 g/mol. The number of hydrogen-bond acceptors (Lipinski definition) is 6. The van der Waals surface area contributed by atoms with Crippen LogP contribution in [-0.2, 0) is 21.6 Å². The normalized spacial score (nSPS) is 20.9. The second-order valence-electron chi connectivity index (χ2n) is 5.49. The van der Waals surface area contributed by atoms with Gasteiger partial charge in [-0.3, -0.25) is 0 Å². The number of carbonyl (C=O) groups excluding carboxylic acids is 1. The first-order valence-corrected chi connectivity index (χ1v) is 8.85. The summed E-state index contributed by atoms with van der Waals surface area (Å²) in [6, 6.07) is 6.53. The number of nitrogens with zero attached hydrogens (tertiary/aromatic N) is 1. The summed E-state index contributed by atoms with van der Waals surface area (Å²) < 4.78 is 34.3. The van der Waals surface area contributed by atoms with E-state index in [2.05, 4.69) is 4.72 Å². The van der Waals surface area contributed by atoms with Crippen molar-refractivity contribution in [1.82, 2.24) is 9.62 Å². The fourth-order valence-corrected chi connectivity index (χ4v) is 2.90. The molecule has 10 heteroatoms. The molecule has 0 saturated carbocycles. The number of aliphatic hydroxyl groups is 1. The Morgan fingerprint density at radius 2 is 2.08 bits per heavy atom. The van der Waals surface area contributed by atoms with Gasteiger partial charge in [-0.1, -0.05) is 12.1 Å². The number of nitrogens with two attached hydrogens (primary N) is 1. The maximum Gasteiger partial charge on any atom is 0.410 e. The van der Waals surface area contributed by atoms with Crippen LogP contribution in [0.15, 0.2) is 24.3 Å². The summed E-state index contributed by atoms with van der Waals surface area (Å²) in [5.74, 6) is 0.696. The van der Waals surface area contributed by atoms with Crippen LogP contribution in [0, 0.1) is 0 Å². The van der Waals surface area contributed by atoms with E-state index in [4.69, 9.17) is 14.6 Å². The van der Waals surface area contributed by atoms with E-state index in [-0.39, 0.29) is 26.1 Å². The summed E-state index contributed by atoms with van der Waals surface area (Å²) in [6.07, 6.45) is -1.10. The Morgan fingerprint density at radius 1 is 1.42 bits per heavy atom. The first-order chi connectivity index (χ1) is 11.3. The number of nitrogens with one attached hydrogen (secondary N) is 1. The number of aliphatic hydroxyl groups excluding tert-OH is 1. The molecule has 9 nitrogen and oxygen atoms in total. The minimum atomic E-state index is -3.86. The zero-order valence-corrected chi connectivity index (χ0v) is 14.0. The van der Waals surface area contributed by atoms with Crippen molar-refractivity contribution in [1.29, 1.82) is 0 Å². The zero-order valence-electron chi connectivity index (χ0n) is 13.2. The molecule has 0 bridgehead atoms. The third-order valence-electron chi connectivity index (χ3n) is 3.67. The van der Waals surface area contributed by atoms with Gasteiger partial charge in [0, 0.05) is 6.54 Å². The second kappa shape index (κ2) is 7.79. The van der Waals surface area contributed by atoms with Gasteiger partial charge in [0.2, 0.25) is 0 Å². The van der Waals surface area contributed by atoms with Crippen LogP contribution in [0.5, 0.6) is 5.75 Å². The molecule has 1 heterocycles. The van der Waals surface area contributed by atoms with Crippen LogP contribution < -0.4 is 14.6 Å². The fraction of sp³-hybridized carbons (Fsp3) is 0.500. The predicted molar refractivity (Wildman–Crippen MR) is 85.4 cm³/mol. The molecule has 1 aromatic rings. The predicted octanol–water partition coefficient (Wildman–Crippen LogP) is -0.440. The number of hydrogen-bond donors (Lipinski definition) is 3. The summed E-state index contributed by atoms with van der Waals surface area (Å²) in [7, 11) is -2.30. The number of carbonyl (C=O) groups is 1. The van der Waals surface area contributed by atoms with E-state index in [1.54, 1.807) is 31.4 Å². The molecular formula is C14H21N3O6S. The smallest absolute Gasteiger partial charge is 0.410 e. The van der Waals surface area contributed by atoms with Gasteiger partial charge in [0.05, 0.1) is 25.8 Å². The molecule has 4 N–H and O–H groups in total. The second-order valence-corrected chi connectivity index (χ2v) is 6.87. The minimum Gasteiger partial charge on any atom is -0.497 e. The molecule has 0 radical (unpaired) electrons. The molecule has 0 aliphatic carbocycles. The summed E-state index contributed by atoms with van der Waals surface area (Å²) in [5.41, 5.74) is 0.781. The molecular weight excluding hydrogens is 338 g/mol. The van der Waals surface area contributed by atoms with Gasteiger partial charge in [-0.2, -0.15) is 8.42 Å². The summed E-state index contributed by atoms with van der Waals surface area (Å²) in [6.45, 7) is 0.0662. The fourth-order valence-electron chi connectivity index (χ4n) is 2.47. The lowest BCUT2D eigenvalue weighted by Crippen LogP contribution is -2.44. The highest BCUT2D eigenvalue weighted by Gasteiger charge is 2.35. The molecule has 2 rings (SSSR count). The Balaban J connectivity index is 1.91. The zero-order chi connectivity index (χ0) is 17.7. The minimum absolute atomic E-state index is 0.0603. The average Bonchev–Trinajstić information content (AvgIpc) is 2.91. The van der Waals surface area contributed by atoms with E-state index in [9.17, 15) is 18.3 Å². The van der Waals surface area contributed by atoms with Crippen LogP contribution in [0.25, 0.3) is 0 Å². The molecule has 1 amide bonds. The molecule has 0 spiro atoms. The van der Waals surface area contributed by atoms with E-state index in [1.165, 1.54) is 4.90 Å². The third-order valence-corrected chi connectivity index (χ3v) is 4.24. The quantitative estimate of drug-likeness (QED) is 0.631. The molecule has 1 aromatic carbocycles. The molecule has 1 aliphatic heterocycles. The maximum absolute atomic E-state index is 12.2. The van der Waals surface area contributed by atoms with Gasteiger partial charge in [-0.05, 0) is 24.1 Å². The summed E-state index contributed by atoms with van der Waals surface area (Å²) in [4.78, 5) is 13.5. The van der Waals surface area contributed by atoms with Gasteiger partial charge in [0.25, 0.3) is 10.2 Å². The SMILES string of the molecule is COc1ccc(COC(=O)N2C[C@H](O)C[C@H]2CNS(N)(=O)=O)cc1. The molecule has 0 aromatic heterocycles. The van der Waals surface area contributed by atoms with E-state index >= 15 is 0 Å². The molecule has 1 fully saturated rings. The molecule has 0 unspecified atom stereocenters. The van der Waals surface area contributed by atoms with E-state index < -0.39 is 28.4 Å². The number of benzene rings is 1. The molecule has 1 aliphatic rings. The van der Waals surface area contributed by atoms with Gasteiger partial charge in [-0.15, -0.1) is 0 Å². The lowest BCUT2D eigenvalue weighted by atomic mass is 10.2. The highest BCUT2D eigenvalue weighted by molar-refractivity contribution is 7.87. The summed E-state index contributed by atoms with van der Waals surface area (Å²) >= 11 is 0. The van der Waals surface area contributed by atoms with Crippen LogP contribution in [0.2, 0.25) is 0 Å². The van der Waals surface area contributed by atoms with Crippen LogP contribution in [0.3, 0.4) is 0 Å². The molecule has 134 valence electrons. The Hall–Kier alpha value is -1.88. The Morgan fingerprint density at radius 3 is 2.67 bits per heavy atom. The monoisotopic (exact) mass is 359 g/mol. The lowest BCUT2D eigenvalue weighted by molar-refractivity contribution is 0.0881. The van der Waals surface area contributed by atoms with Gasteiger partial charge < -0.3 is 19.5 Å². The van der Waals surface area contributed by atoms with E-state index in [0.29, 0.717) is 5.75 Å². The van der Waals surface area contributed by atoms with Crippen LogP contribution in [-0.4, -0.2) is 56.9 Å². The Labute approximate surface area is 140 Å². The standard InChI is InChI=1S/C14H21N3O6S/c1-22-13-4-2-10(3-5-13)9-23-14(19)17-8-12(18)6-11(17)7-16-24(15,20)21/h2-5,11-12,16,18H,6-9H2,1H3,(H2,15,20,21)/t11-,12+/m0/s1. The van der Waals surface area contributed by atoms with Gasteiger partial charge >= 0.3 is 6.09 Å². The van der Waals surface area contributed by atoms with Crippen molar-refractivity contribution in [2.75, 3.05) is 20.2 Å². The first kappa shape index (κ1) is 18.5. The number of ether oxygens (including phenoxy) is 2. The first-order valence-electron chi connectivity index (χ1n) is 7.30. The maximum atomic E-state index is 12.2. The summed E-state index contributed by atoms with van der Waals surface area (Å²) in [5, 5.41) is 14.6. The van der Waals surface area contributed by atoms with Crippen molar-refractivity contribution < 1.29 is 27.8 Å². The van der Waals surface area contributed by atoms with Gasteiger partial charge in [-0.25, -0.2) is 14.7 Å². The van der Waals surface area contributed by atoms with Crippen molar-refractivity contribution in [3.05, 3.63) is 29.8 Å². The van der Waals surface area contributed by atoms with Crippen molar-refractivity contribution in [3.8, 4) is 5.75 Å². The van der Waals surface area contributed by atoms with E-state index in [1.807, 2.05) is 0 Å². The molecule has 24 heavy (non-hydrogen) atoms. The van der Waals surface area contributed by atoms with Crippen molar-refractivity contribution >= 4 is 16.3 Å². The highest BCUT2D eigenvalue weighted by atomic mass is 32.2. The third kappa shape index (κ3) is 5.34. The number of amides is 1. The Kier molecular flexibility index (Phi) is 5.99. The van der Waals surface area contributed by atoms with Crippen LogP contribution >= 0.6 is 0 Å². The van der Waals surface area contributed by atoms with Crippen molar-refractivity contribution in [2.45, 2.75) is 25.2 Å². The van der Waals surface area contributed by atoms with Crippen molar-refractivity contribution in [2.24, 2.45) is 5.14 Å². The molecule has 2 atom stereocenters.